The first kappa shape index (κ1) is 11.2. The van der Waals surface area contributed by atoms with E-state index in [9.17, 15) is 9.59 Å². The van der Waals surface area contributed by atoms with Gasteiger partial charge in [0.1, 0.15) is 6.61 Å². The summed E-state index contributed by atoms with van der Waals surface area (Å²) in [6.07, 6.45) is 0. The number of benzene rings is 1. The van der Waals surface area contributed by atoms with Crippen LogP contribution in [0.15, 0.2) is 24.3 Å². The largest absolute Gasteiger partial charge is 0.463 e. The lowest BCUT2D eigenvalue weighted by atomic mass is 10.1. The Labute approximate surface area is 87.8 Å². The zero-order valence-electron chi connectivity index (χ0n) is 8.43. The predicted octanol–water partition coefficient (Wildman–Crippen LogP) is 1.54. The van der Waals surface area contributed by atoms with Gasteiger partial charge < -0.3 is 9.47 Å². The highest BCUT2D eigenvalue weighted by atomic mass is 16.5. The fourth-order valence-electron chi connectivity index (χ4n) is 1.08. The Kier molecular flexibility index (Phi) is 4.34. The average molecular weight is 208 g/mol. The maximum Gasteiger partial charge on any atom is 0.338 e. The standard InChI is InChI=1S/C11H12O4/c1-2-15-11(13)10-5-3-9(4-6-10)7-14-8-12/h3-6,8H,2,7H2,1H3. The van der Waals surface area contributed by atoms with Gasteiger partial charge >= 0.3 is 5.97 Å². The molecule has 1 aromatic rings. The second kappa shape index (κ2) is 5.80. The maximum atomic E-state index is 11.3. The number of carbonyl (C=O) groups is 2. The van der Waals surface area contributed by atoms with E-state index in [0.717, 1.165) is 5.56 Å². The van der Waals surface area contributed by atoms with Gasteiger partial charge in [-0.15, -0.1) is 0 Å². The van der Waals surface area contributed by atoms with Gasteiger partial charge in [0.2, 0.25) is 0 Å². The number of rotatable bonds is 5. The molecule has 0 aromatic heterocycles. The lowest BCUT2D eigenvalue weighted by Crippen LogP contribution is -2.04. The molecule has 80 valence electrons. The summed E-state index contributed by atoms with van der Waals surface area (Å²) in [7, 11) is 0. The van der Waals surface area contributed by atoms with Gasteiger partial charge in [-0.25, -0.2) is 4.79 Å². The SMILES string of the molecule is CCOC(=O)c1ccc(COC=O)cc1. The van der Waals surface area contributed by atoms with E-state index in [0.29, 0.717) is 18.6 Å². The summed E-state index contributed by atoms with van der Waals surface area (Å²) in [5.74, 6) is -0.347. The van der Waals surface area contributed by atoms with E-state index in [1.165, 1.54) is 0 Å². The monoisotopic (exact) mass is 208 g/mol. The minimum absolute atomic E-state index is 0.215. The fourth-order valence-corrected chi connectivity index (χ4v) is 1.08. The molecule has 0 radical (unpaired) electrons. The minimum atomic E-state index is -0.347. The van der Waals surface area contributed by atoms with E-state index in [2.05, 4.69) is 4.74 Å². The van der Waals surface area contributed by atoms with Gasteiger partial charge in [0.05, 0.1) is 12.2 Å². The number of esters is 1. The molecule has 1 rings (SSSR count). The third-order valence-electron chi connectivity index (χ3n) is 1.78. The maximum absolute atomic E-state index is 11.3. The predicted molar refractivity (Wildman–Crippen MR) is 53.3 cm³/mol. The Bertz CT molecular complexity index is 329. The molecule has 0 N–H and O–H groups in total. The molecule has 0 unspecified atom stereocenters. The molecular weight excluding hydrogens is 196 g/mol. The Hall–Kier alpha value is -1.84. The van der Waals surface area contributed by atoms with Crippen molar-refractivity contribution < 1.29 is 19.1 Å². The van der Waals surface area contributed by atoms with Crippen LogP contribution in [0.25, 0.3) is 0 Å². The summed E-state index contributed by atoms with van der Waals surface area (Å²) >= 11 is 0. The highest BCUT2D eigenvalue weighted by molar-refractivity contribution is 5.89. The normalized spacial score (nSPS) is 9.40. The van der Waals surface area contributed by atoms with Crippen LogP contribution in [0, 0.1) is 0 Å². The van der Waals surface area contributed by atoms with Gasteiger partial charge in [0.25, 0.3) is 6.47 Å². The molecule has 0 saturated carbocycles. The van der Waals surface area contributed by atoms with Crippen molar-refractivity contribution in [1.82, 2.24) is 0 Å². The van der Waals surface area contributed by atoms with Crippen LogP contribution in [-0.2, 0) is 20.9 Å². The Morgan fingerprint density at radius 2 is 2.00 bits per heavy atom. The van der Waals surface area contributed by atoms with Crippen molar-refractivity contribution in [2.24, 2.45) is 0 Å². The summed E-state index contributed by atoms with van der Waals surface area (Å²) in [5.41, 5.74) is 1.32. The molecule has 0 aliphatic rings. The van der Waals surface area contributed by atoms with Crippen LogP contribution in [0.4, 0.5) is 0 Å². The Morgan fingerprint density at radius 3 is 2.53 bits per heavy atom. The van der Waals surface area contributed by atoms with Crippen molar-refractivity contribution in [3.8, 4) is 0 Å². The minimum Gasteiger partial charge on any atom is -0.463 e. The van der Waals surface area contributed by atoms with E-state index < -0.39 is 0 Å². The zero-order valence-corrected chi connectivity index (χ0v) is 8.43. The van der Waals surface area contributed by atoms with Crippen molar-refractivity contribution in [1.29, 1.82) is 0 Å². The molecule has 0 bridgehead atoms. The van der Waals surface area contributed by atoms with Crippen LogP contribution in [0.2, 0.25) is 0 Å². The smallest absolute Gasteiger partial charge is 0.338 e. The van der Waals surface area contributed by atoms with Crippen molar-refractivity contribution in [2.75, 3.05) is 6.61 Å². The fraction of sp³-hybridized carbons (Fsp3) is 0.273. The molecule has 4 nitrogen and oxygen atoms in total. The average Bonchev–Trinajstić information content (AvgIpc) is 2.27. The van der Waals surface area contributed by atoms with Crippen LogP contribution in [0.5, 0.6) is 0 Å². The third-order valence-corrected chi connectivity index (χ3v) is 1.78. The topological polar surface area (TPSA) is 52.6 Å². The highest BCUT2D eigenvalue weighted by Gasteiger charge is 2.05. The van der Waals surface area contributed by atoms with Crippen molar-refractivity contribution >= 4 is 12.4 Å². The lowest BCUT2D eigenvalue weighted by Gasteiger charge is -2.03. The Morgan fingerprint density at radius 1 is 1.33 bits per heavy atom. The van der Waals surface area contributed by atoms with E-state index in [1.807, 2.05) is 0 Å². The highest BCUT2D eigenvalue weighted by Crippen LogP contribution is 2.06. The van der Waals surface area contributed by atoms with Gasteiger partial charge in [-0.1, -0.05) is 12.1 Å². The molecule has 0 fully saturated rings. The molecule has 15 heavy (non-hydrogen) atoms. The zero-order chi connectivity index (χ0) is 11.1. The summed E-state index contributed by atoms with van der Waals surface area (Å²) in [4.78, 5) is 21.2. The first-order chi connectivity index (χ1) is 7.27. The first-order valence-electron chi connectivity index (χ1n) is 4.59. The molecule has 0 saturated heterocycles. The third kappa shape index (κ3) is 3.42. The van der Waals surface area contributed by atoms with Gasteiger partial charge in [0, 0.05) is 0 Å². The van der Waals surface area contributed by atoms with Gasteiger partial charge in [-0.05, 0) is 24.6 Å². The van der Waals surface area contributed by atoms with Crippen molar-refractivity contribution in [3.63, 3.8) is 0 Å². The molecule has 0 heterocycles. The van der Waals surface area contributed by atoms with Crippen LogP contribution in [-0.4, -0.2) is 19.0 Å². The number of ether oxygens (including phenoxy) is 2. The molecule has 0 aliphatic heterocycles. The molecule has 1 aromatic carbocycles. The van der Waals surface area contributed by atoms with Crippen LogP contribution < -0.4 is 0 Å². The quantitative estimate of drug-likeness (QED) is 0.544. The summed E-state index contributed by atoms with van der Waals surface area (Å²) < 4.78 is 9.39. The molecular formula is C11H12O4. The summed E-state index contributed by atoms with van der Waals surface area (Å²) in [6.45, 7) is 2.71. The molecule has 0 aliphatic carbocycles. The van der Waals surface area contributed by atoms with E-state index in [1.54, 1.807) is 31.2 Å². The Balaban J connectivity index is 2.63. The van der Waals surface area contributed by atoms with Crippen LogP contribution in [0.1, 0.15) is 22.8 Å². The van der Waals surface area contributed by atoms with E-state index in [4.69, 9.17) is 4.74 Å². The molecule has 0 spiro atoms. The molecule has 0 atom stereocenters. The molecule has 0 amide bonds. The molecule has 4 heteroatoms. The van der Waals surface area contributed by atoms with Crippen molar-refractivity contribution in [2.45, 2.75) is 13.5 Å². The second-order valence-corrected chi connectivity index (χ2v) is 2.82. The van der Waals surface area contributed by atoms with E-state index >= 15 is 0 Å². The van der Waals surface area contributed by atoms with Crippen LogP contribution in [0.3, 0.4) is 0 Å². The summed E-state index contributed by atoms with van der Waals surface area (Å²) in [6, 6.07) is 6.72. The first-order valence-corrected chi connectivity index (χ1v) is 4.59. The second-order valence-electron chi connectivity index (χ2n) is 2.82. The number of carbonyl (C=O) groups excluding carboxylic acids is 2. The number of hydrogen-bond acceptors (Lipinski definition) is 4. The summed E-state index contributed by atoms with van der Waals surface area (Å²) in [5, 5.41) is 0. The van der Waals surface area contributed by atoms with Gasteiger partial charge in [0.15, 0.2) is 0 Å². The van der Waals surface area contributed by atoms with Crippen LogP contribution >= 0.6 is 0 Å². The van der Waals surface area contributed by atoms with Gasteiger partial charge in [-0.2, -0.15) is 0 Å². The van der Waals surface area contributed by atoms with Crippen molar-refractivity contribution in [3.05, 3.63) is 35.4 Å². The van der Waals surface area contributed by atoms with Gasteiger partial charge in [-0.3, -0.25) is 4.79 Å². The van der Waals surface area contributed by atoms with E-state index in [-0.39, 0.29) is 12.6 Å². The lowest BCUT2D eigenvalue weighted by molar-refractivity contribution is -0.129. The number of hydrogen-bond donors (Lipinski definition) is 0.